The Morgan fingerprint density at radius 1 is 1.32 bits per heavy atom. The van der Waals surface area contributed by atoms with Crippen molar-refractivity contribution in [1.29, 1.82) is 0 Å². The number of hydrogen-bond acceptors (Lipinski definition) is 3. The zero-order chi connectivity index (χ0) is 13.6. The third kappa shape index (κ3) is 2.10. The van der Waals surface area contributed by atoms with E-state index in [1.54, 1.807) is 7.11 Å². The lowest BCUT2D eigenvalue weighted by atomic mass is 9.63. The molecule has 3 rings (SSSR count). The van der Waals surface area contributed by atoms with Gasteiger partial charge in [0.2, 0.25) is 0 Å². The van der Waals surface area contributed by atoms with Gasteiger partial charge in [0.25, 0.3) is 0 Å². The van der Waals surface area contributed by atoms with Crippen molar-refractivity contribution in [2.45, 2.75) is 44.8 Å². The van der Waals surface area contributed by atoms with E-state index in [9.17, 15) is 5.11 Å². The van der Waals surface area contributed by atoms with E-state index in [-0.39, 0.29) is 5.60 Å². The maximum atomic E-state index is 10.3. The molecule has 104 valence electrons. The minimum Gasteiger partial charge on any atom is -0.497 e. The van der Waals surface area contributed by atoms with Crippen LogP contribution < -0.4 is 9.47 Å². The Balaban J connectivity index is 1.84. The second kappa shape index (κ2) is 4.41. The first kappa shape index (κ1) is 12.8. The highest BCUT2D eigenvalue weighted by atomic mass is 16.5. The predicted molar refractivity (Wildman–Crippen MR) is 73.5 cm³/mol. The summed E-state index contributed by atoms with van der Waals surface area (Å²) in [6, 6.07) is 5.67. The highest BCUT2D eigenvalue weighted by molar-refractivity contribution is 5.44. The normalized spacial score (nSPS) is 32.7. The third-order valence-corrected chi connectivity index (χ3v) is 4.68. The van der Waals surface area contributed by atoms with E-state index >= 15 is 0 Å². The largest absolute Gasteiger partial charge is 0.497 e. The van der Waals surface area contributed by atoms with Gasteiger partial charge in [-0.3, -0.25) is 0 Å². The Morgan fingerprint density at radius 3 is 2.68 bits per heavy atom. The molecule has 0 aromatic heterocycles. The molecule has 2 aliphatic rings. The minimum atomic E-state index is -0.414. The average molecular weight is 262 g/mol. The number of benzene rings is 1. The summed E-state index contributed by atoms with van der Waals surface area (Å²) < 4.78 is 11.4. The number of hydrogen-bond donors (Lipinski definition) is 1. The number of fused-ring (bicyclic) bond motifs is 1. The van der Waals surface area contributed by atoms with Gasteiger partial charge >= 0.3 is 0 Å². The molecule has 0 radical (unpaired) electrons. The van der Waals surface area contributed by atoms with Gasteiger partial charge in [0.1, 0.15) is 17.1 Å². The van der Waals surface area contributed by atoms with Crippen LogP contribution in [0.3, 0.4) is 0 Å². The summed E-state index contributed by atoms with van der Waals surface area (Å²) in [5.41, 5.74) is 0.743. The van der Waals surface area contributed by atoms with Gasteiger partial charge in [-0.1, -0.05) is 13.8 Å². The Kier molecular flexibility index (Phi) is 2.97. The van der Waals surface area contributed by atoms with Crippen LogP contribution in [0.15, 0.2) is 18.2 Å². The van der Waals surface area contributed by atoms with Gasteiger partial charge < -0.3 is 14.6 Å². The number of aliphatic hydroxyl groups excluding tert-OH is 1. The van der Waals surface area contributed by atoms with E-state index in [4.69, 9.17) is 9.47 Å². The van der Waals surface area contributed by atoms with Crippen LogP contribution in [0, 0.1) is 11.8 Å². The monoisotopic (exact) mass is 262 g/mol. The molecule has 19 heavy (non-hydrogen) atoms. The summed E-state index contributed by atoms with van der Waals surface area (Å²) in [5, 5.41) is 10.3. The highest BCUT2D eigenvalue weighted by Crippen LogP contribution is 2.53. The lowest BCUT2D eigenvalue weighted by molar-refractivity contribution is -0.108. The van der Waals surface area contributed by atoms with Gasteiger partial charge in [0.15, 0.2) is 0 Å². The topological polar surface area (TPSA) is 38.7 Å². The van der Waals surface area contributed by atoms with E-state index in [1.165, 1.54) is 0 Å². The summed E-state index contributed by atoms with van der Waals surface area (Å²) in [6.45, 7) is 4.52. The Hall–Kier alpha value is -1.22. The molecule has 1 saturated carbocycles. The standard InChI is InChI=1S/C16H22O3/c1-10(2)11-7-16(8-11)9-14(17)13-5-4-12(18-3)6-15(13)19-16/h4-6,10-11,14,17H,7-9H2,1-3H3. The van der Waals surface area contributed by atoms with Crippen LogP contribution in [0.25, 0.3) is 0 Å². The summed E-state index contributed by atoms with van der Waals surface area (Å²) in [5.74, 6) is 2.99. The molecule has 1 N–H and O–H groups in total. The van der Waals surface area contributed by atoms with Crippen molar-refractivity contribution >= 4 is 0 Å². The molecule has 1 atom stereocenters. The Bertz CT molecular complexity index is 475. The van der Waals surface area contributed by atoms with Crippen molar-refractivity contribution in [2.24, 2.45) is 11.8 Å². The maximum Gasteiger partial charge on any atom is 0.129 e. The van der Waals surface area contributed by atoms with Gasteiger partial charge in [-0.05, 0) is 36.8 Å². The fourth-order valence-corrected chi connectivity index (χ4v) is 3.36. The van der Waals surface area contributed by atoms with Crippen LogP contribution >= 0.6 is 0 Å². The first-order valence-electron chi connectivity index (χ1n) is 7.08. The smallest absolute Gasteiger partial charge is 0.129 e. The quantitative estimate of drug-likeness (QED) is 0.888. The molecule has 1 unspecified atom stereocenters. The van der Waals surface area contributed by atoms with Crippen LogP contribution in [0.2, 0.25) is 0 Å². The number of methoxy groups -OCH3 is 1. The van der Waals surface area contributed by atoms with Gasteiger partial charge in [0, 0.05) is 18.1 Å². The molecule has 0 amide bonds. The van der Waals surface area contributed by atoms with Crippen LogP contribution in [-0.2, 0) is 0 Å². The van der Waals surface area contributed by atoms with Crippen LogP contribution in [0.5, 0.6) is 11.5 Å². The SMILES string of the molecule is COc1ccc2c(c1)OC1(CC2O)CC(C(C)C)C1. The van der Waals surface area contributed by atoms with E-state index < -0.39 is 6.10 Å². The number of ether oxygens (including phenoxy) is 2. The van der Waals surface area contributed by atoms with Crippen molar-refractivity contribution in [3.63, 3.8) is 0 Å². The third-order valence-electron chi connectivity index (χ3n) is 4.68. The molecule has 1 aliphatic heterocycles. The van der Waals surface area contributed by atoms with E-state index in [1.807, 2.05) is 18.2 Å². The molecule has 1 heterocycles. The summed E-state index contributed by atoms with van der Waals surface area (Å²) >= 11 is 0. The van der Waals surface area contributed by atoms with Crippen LogP contribution in [0.4, 0.5) is 0 Å². The molecular weight excluding hydrogens is 240 g/mol. The molecule has 1 aromatic rings. The van der Waals surface area contributed by atoms with Crippen LogP contribution in [0.1, 0.15) is 44.8 Å². The van der Waals surface area contributed by atoms with Gasteiger partial charge in [0.05, 0.1) is 13.2 Å². The lowest BCUT2D eigenvalue weighted by Crippen LogP contribution is -2.53. The van der Waals surface area contributed by atoms with Gasteiger partial charge in [-0.25, -0.2) is 0 Å². The Labute approximate surface area is 114 Å². The molecule has 1 fully saturated rings. The Morgan fingerprint density at radius 2 is 2.05 bits per heavy atom. The average Bonchev–Trinajstić information content (AvgIpc) is 2.34. The minimum absolute atomic E-state index is 0.145. The van der Waals surface area contributed by atoms with Crippen molar-refractivity contribution in [2.75, 3.05) is 7.11 Å². The molecule has 1 aromatic carbocycles. The molecular formula is C16H22O3. The molecule has 1 aliphatic carbocycles. The second-order valence-corrected chi connectivity index (χ2v) is 6.32. The second-order valence-electron chi connectivity index (χ2n) is 6.32. The molecule has 0 bridgehead atoms. The van der Waals surface area contributed by atoms with Crippen LogP contribution in [-0.4, -0.2) is 17.8 Å². The van der Waals surface area contributed by atoms with E-state index in [0.717, 1.165) is 42.2 Å². The van der Waals surface area contributed by atoms with Crippen molar-refractivity contribution in [3.05, 3.63) is 23.8 Å². The van der Waals surface area contributed by atoms with E-state index in [0.29, 0.717) is 5.92 Å². The fraction of sp³-hybridized carbons (Fsp3) is 0.625. The zero-order valence-electron chi connectivity index (χ0n) is 11.8. The van der Waals surface area contributed by atoms with E-state index in [2.05, 4.69) is 13.8 Å². The number of rotatable bonds is 2. The highest BCUT2D eigenvalue weighted by Gasteiger charge is 2.51. The molecule has 3 heteroatoms. The number of aliphatic hydroxyl groups is 1. The maximum absolute atomic E-state index is 10.3. The van der Waals surface area contributed by atoms with Crippen molar-refractivity contribution < 1.29 is 14.6 Å². The zero-order valence-corrected chi connectivity index (χ0v) is 11.8. The van der Waals surface area contributed by atoms with Gasteiger partial charge in [-0.15, -0.1) is 0 Å². The van der Waals surface area contributed by atoms with Crippen molar-refractivity contribution in [3.8, 4) is 11.5 Å². The summed E-state index contributed by atoms with van der Waals surface area (Å²) in [7, 11) is 1.65. The first-order valence-corrected chi connectivity index (χ1v) is 7.08. The molecule has 0 saturated heterocycles. The summed E-state index contributed by atoms with van der Waals surface area (Å²) in [4.78, 5) is 0. The fourth-order valence-electron chi connectivity index (χ4n) is 3.36. The summed E-state index contributed by atoms with van der Waals surface area (Å²) in [6.07, 6.45) is 2.41. The van der Waals surface area contributed by atoms with Crippen molar-refractivity contribution in [1.82, 2.24) is 0 Å². The lowest BCUT2D eigenvalue weighted by Gasteiger charge is -2.52. The first-order chi connectivity index (χ1) is 9.03. The molecule has 1 spiro atoms. The predicted octanol–water partition coefficient (Wildman–Crippen LogP) is 3.32. The van der Waals surface area contributed by atoms with Gasteiger partial charge in [-0.2, -0.15) is 0 Å². The molecule has 3 nitrogen and oxygen atoms in total.